The number of aromatic nitrogens is 2. The summed E-state index contributed by atoms with van der Waals surface area (Å²) in [5, 5.41) is 7.56. The summed E-state index contributed by atoms with van der Waals surface area (Å²) in [7, 11) is 0. The predicted octanol–water partition coefficient (Wildman–Crippen LogP) is 3.02. The number of aryl methyl sites for hydroxylation is 1. The Balaban J connectivity index is 1.43. The first kappa shape index (κ1) is 21.8. The zero-order chi connectivity index (χ0) is 22.5. The van der Waals surface area contributed by atoms with Crippen molar-refractivity contribution in [2.45, 2.75) is 32.2 Å². The number of amides is 2. The molecule has 3 heterocycles. The number of piperidine rings is 1. The standard InChI is InChI=1S/C23H26N6O2S/c1-15-6-4-7-16(12-15)13-19(30)26-17-8-5-11-29(14-17)23-28-20(21(24)31)22(32-23)27-18-9-2-3-10-25-18/h2-4,6-7,9-10,12,17H,5,8,11,13-14H2,1H3,(H2,24,31)(H,25,27)(H,26,30)/t17-/m1/s1. The van der Waals surface area contributed by atoms with Gasteiger partial charge in [-0.2, -0.15) is 0 Å². The Morgan fingerprint density at radius 2 is 2.12 bits per heavy atom. The molecule has 0 spiro atoms. The number of nitrogens with zero attached hydrogens (tertiary/aromatic N) is 3. The third kappa shape index (κ3) is 5.42. The number of pyridine rings is 1. The molecule has 166 valence electrons. The van der Waals surface area contributed by atoms with Crippen molar-refractivity contribution in [3.63, 3.8) is 0 Å². The van der Waals surface area contributed by atoms with Crippen LogP contribution in [0.2, 0.25) is 0 Å². The number of anilines is 3. The van der Waals surface area contributed by atoms with Crippen molar-refractivity contribution >= 4 is 39.1 Å². The fourth-order valence-electron chi connectivity index (χ4n) is 3.80. The number of rotatable bonds is 7. The quantitative estimate of drug-likeness (QED) is 0.510. The molecule has 0 saturated carbocycles. The minimum absolute atomic E-state index is 0.0110. The van der Waals surface area contributed by atoms with E-state index in [0.29, 0.717) is 28.9 Å². The highest BCUT2D eigenvalue weighted by molar-refractivity contribution is 7.20. The van der Waals surface area contributed by atoms with Crippen molar-refractivity contribution in [1.29, 1.82) is 0 Å². The molecule has 0 radical (unpaired) electrons. The third-order valence-corrected chi connectivity index (χ3v) is 6.29. The van der Waals surface area contributed by atoms with E-state index in [-0.39, 0.29) is 17.6 Å². The normalized spacial score (nSPS) is 15.9. The lowest BCUT2D eigenvalue weighted by atomic mass is 10.0. The zero-order valence-corrected chi connectivity index (χ0v) is 18.7. The van der Waals surface area contributed by atoms with Crippen molar-refractivity contribution in [2.24, 2.45) is 5.73 Å². The van der Waals surface area contributed by atoms with Crippen molar-refractivity contribution in [2.75, 3.05) is 23.3 Å². The van der Waals surface area contributed by atoms with Crippen molar-refractivity contribution < 1.29 is 9.59 Å². The van der Waals surface area contributed by atoms with E-state index in [2.05, 4.69) is 25.5 Å². The van der Waals surface area contributed by atoms with E-state index in [9.17, 15) is 9.59 Å². The van der Waals surface area contributed by atoms with Crippen molar-refractivity contribution in [1.82, 2.24) is 15.3 Å². The summed E-state index contributed by atoms with van der Waals surface area (Å²) in [4.78, 5) is 35.3. The van der Waals surface area contributed by atoms with Crippen LogP contribution in [-0.2, 0) is 11.2 Å². The van der Waals surface area contributed by atoms with Crippen LogP contribution in [0.25, 0.3) is 0 Å². The van der Waals surface area contributed by atoms with Crippen LogP contribution < -0.4 is 21.3 Å². The summed E-state index contributed by atoms with van der Waals surface area (Å²) < 4.78 is 0. The first-order valence-corrected chi connectivity index (χ1v) is 11.4. The van der Waals surface area contributed by atoms with Crippen LogP contribution in [0.4, 0.5) is 16.0 Å². The van der Waals surface area contributed by atoms with Crippen LogP contribution in [0.15, 0.2) is 48.7 Å². The Bertz CT molecular complexity index is 1100. The molecule has 2 aromatic heterocycles. The highest BCUT2D eigenvalue weighted by Gasteiger charge is 2.26. The Morgan fingerprint density at radius 1 is 1.25 bits per heavy atom. The lowest BCUT2D eigenvalue weighted by Gasteiger charge is -2.33. The highest BCUT2D eigenvalue weighted by atomic mass is 32.1. The lowest BCUT2D eigenvalue weighted by molar-refractivity contribution is -0.121. The maximum absolute atomic E-state index is 12.6. The topological polar surface area (TPSA) is 113 Å². The Labute approximate surface area is 190 Å². The smallest absolute Gasteiger partial charge is 0.270 e. The van der Waals surface area contributed by atoms with Crippen LogP contribution in [-0.4, -0.2) is 40.9 Å². The summed E-state index contributed by atoms with van der Waals surface area (Å²) in [5.41, 5.74) is 7.90. The highest BCUT2D eigenvalue weighted by Crippen LogP contribution is 2.34. The van der Waals surface area contributed by atoms with Gasteiger partial charge in [0.15, 0.2) is 10.8 Å². The van der Waals surface area contributed by atoms with Crippen molar-refractivity contribution in [3.05, 3.63) is 65.5 Å². The maximum Gasteiger partial charge on any atom is 0.270 e. The van der Waals surface area contributed by atoms with Gasteiger partial charge in [0.05, 0.1) is 6.42 Å². The summed E-state index contributed by atoms with van der Waals surface area (Å²) >= 11 is 1.36. The second kappa shape index (κ2) is 9.78. The molecule has 32 heavy (non-hydrogen) atoms. The number of carbonyl (C=O) groups excluding carboxylic acids is 2. The lowest BCUT2D eigenvalue weighted by Crippen LogP contribution is -2.48. The Kier molecular flexibility index (Phi) is 6.65. The van der Waals surface area contributed by atoms with Crippen molar-refractivity contribution in [3.8, 4) is 0 Å². The van der Waals surface area contributed by atoms with Gasteiger partial charge in [-0.1, -0.05) is 47.2 Å². The van der Waals surface area contributed by atoms with Gasteiger partial charge in [0, 0.05) is 25.3 Å². The van der Waals surface area contributed by atoms with Crippen LogP contribution >= 0.6 is 11.3 Å². The molecule has 0 unspecified atom stereocenters. The molecule has 0 aliphatic carbocycles. The molecule has 1 atom stereocenters. The second-order valence-corrected chi connectivity index (χ2v) is 8.87. The predicted molar refractivity (Wildman–Crippen MR) is 126 cm³/mol. The molecular weight excluding hydrogens is 424 g/mol. The first-order chi connectivity index (χ1) is 15.5. The van der Waals surface area contributed by atoms with Gasteiger partial charge < -0.3 is 21.3 Å². The Morgan fingerprint density at radius 3 is 2.88 bits per heavy atom. The molecule has 9 heteroatoms. The molecule has 1 aliphatic rings. The van der Waals surface area contributed by atoms with Crippen LogP contribution in [0.3, 0.4) is 0 Å². The average Bonchev–Trinajstić information content (AvgIpc) is 3.19. The molecular formula is C23H26N6O2S. The molecule has 4 N–H and O–H groups in total. The minimum atomic E-state index is -0.592. The Hall–Kier alpha value is -3.46. The van der Waals surface area contributed by atoms with E-state index in [1.165, 1.54) is 11.3 Å². The molecule has 0 bridgehead atoms. The summed E-state index contributed by atoms with van der Waals surface area (Å²) in [5.74, 6) is 0.0352. The van der Waals surface area contributed by atoms with E-state index in [1.54, 1.807) is 6.20 Å². The zero-order valence-electron chi connectivity index (χ0n) is 17.9. The van der Waals surface area contributed by atoms with Gasteiger partial charge in [-0.15, -0.1) is 0 Å². The maximum atomic E-state index is 12.6. The van der Waals surface area contributed by atoms with Gasteiger partial charge in [-0.05, 0) is 37.5 Å². The van der Waals surface area contributed by atoms with E-state index in [4.69, 9.17) is 5.73 Å². The van der Waals surface area contributed by atoms with Gasteiger partial charge in [0.1, 0.15) is 10.8 Å². The number of carbonyl (C=O) groups is 2. The summed E-state index contributed by atoms with van der Waals surface area (Å²) in [6, 6.07) is 13.5. The third-order valence-electron chi connectivity index (χ3n) is 5.26. The average molecular weight is 451 g/mol. The number of hydrogen-bond donors (Lipinski definition) is 3. The monoisotopic (exact) mass is 450 g/mol. The second-order valence-electron chi connectivity index (χ2n) is 7.90. The number of hydrogen-bond acceptors (Lipinski definition) is 7. The van der Waals surface area contributed by atoms with E-state index < -0.39 is 5.91 Å². The van der Waals surface area contributed by atoms with Gasteiger partial charge in [-0.25, -0.2) is 9.97 Å². The first-order valence-electron chi connectivity index (χ1n) is 10.6. The molecule has 1 aromatic carbocycles. The number of benzene rings is 1. The number of nitrogens with one attached hydrogen (secondary N) is 2. The van der Waals surface area contributed by atoms with Crippen LogP contribution in [0, 0.1) is 6.92 Å². The fraction of sp³-hybridized carbons (Fsp3) is 0.304. The summed E-state index contributed by atoms with van der Waals surface area (Å²) in [6.45, 7) is 3.46. The fourth-order valence-corrected chi connectivity index (χ4v) is 4.82. The van der Waals surface area contributed by atoms with Gasteiger partial charge in [-0.3, -0.25) is 9.59 Å². The molecule has 1 saturated heterocycles. The number of thiazole rings is 1. The molecule has 1 fully saturated rings. The van der Waals surface area contributed by atoms with E-state index in [1.807, 2.05) is 49.4 Å². The SMILES string of the molecule is Cc1cccc(CC(=O)N[C@@H]2CCCN(c3nc(C(N)=O)c(Nc4ccccn4)s3)C2)c1. The molecule has 3 aromatic rings. The largest absolute Gasteiger partial charge is 0.364 e. The van der Waals surface area contributed by atoms with Crippen LogP contribution in [0.1, 0.15) is 34.5 Å². The van der Waals surface area contributed by atoms with Gasteiger partial charge >= 0.3 is 0 Å². The molecule has 2 amide bonds. The molecule has 4 rings (SSSR count). The number of nitrogens with two attached hydrogens (primary N) is 1. The van der Waals surface area contributed by atoms with E-state index >= 15 is 0 Å². The molecule has 8 nitrogen and oxygen atoms in total. The van der Waals surface area contributed by atoms with E-state index in [0.717, 1.165) is 30.5 Å². The van der Waals surface area contributed by atoms with Gasteiger partial charge in [0.25, 0.3) is 5.91 Å². The molecule has 1 aliphatic heterocycles. The number of primary amides is 1. The van der Waals surface area contributed by atoms with Crippen LogP contribution in [0.5, 0.6) is 0 Å². The van der Waals surface area contributed by atoms with Gasteiger partial charge in [0.2, 0.25) is 5.91 Å². The summed E-state index contributed by atoms with van der Waals surface area (Å²) in [6.07, 6.45) is 3.86. The minimum Gasteiger partial charge on any atom is -0.364 e.